The van der Waals surface area contributed by atoms with Gasteiger partial charge in [0.2, 0.25) is 0 Å². The van der Waals surface area contributed by atoms with E-state index in [1.165, 1.54) is 0 Å². The average Bonchev–Trinajstić information content (AvgIpc) is 3.19. The number of fused-ring (bicyclic) bond motifs is 4. The molecule has 2 bridgehead atoms. The summed E-state index contributed by atoms with van der Waals surface area (Å²) in [5.41, 5.74) is 3.34. The van der Waals surface area contributed by atoms with E-state index < -0.39 is 0 Å². The first-order valence-electron chi connectivity index (χ1n) is 9.98. The Kier molecular flexibility index (Phi) is 4.41. The van der Waals surface area contributed by atoms with E-state index in [2.05, 4.69) is 10.2 Å². The molecule has 144 valence electrons. The predicted octanol–water partition coefficient (Wildman–Crippen LogP) is 3.42. The highest BCUT2D eigenvalue weighted by atomic mass is 16.3. The van der Waals surface area contributed by atoms with E-state index in [0.29, 0.717) is 17.3 Å². The van der Waals surface area contributed by atoms with Gasteiger partial charge < -0.3 is 19.7 Å². The summed E-state index contributed by atoms with van der Waals surface area (Å²) >= 11 is 0. The van der Waals surface area contributed by atoms with E-state index in [1.54, 1.807) is 0 Å². The van der Waals surface area contributed by atoms with Crippen molar-refractivity contribution in [3.63, 3.8) is 0 Å². The number of rotatable bonds is 4. The molecule has 5 nitrogen and oxygen atoms in total. The molecule has 6 rings (SSSR count). The van der Waals surface area contributed by atoms with Crippen molar-refractivity contribution >= 4 is 16.9 Å². The molecule has 0 spiro atoms. The average molecular weight is 376 g/mol. The van der Waals surface area contributed by atoms with Crippen LogP contribution in [0.3, 0.4) is 0 Å². The summed E-state index contributed by atoms with van der Waals surface area (Å²) in [5, 5.41) is 13.8. The molecule has 4 heterocycles. The second-order valence-corrected chi connectivity index (χ2v) is 7.87. The van der Waals surface area contributed by atoms with Crippen molar-refractivity contribution in [3.05, 3.63) is 59.9 Å². The van der Waals surface area contributed by atoms with E-state index in [9.17, 15) is 9.90 Å². The summed E-state index contributed by atoms with van der Waals surface area (Å²) in [6.07, 6.45) is 2.32. The molecule has 2 N–H and O–H groups in total. The number of amides is 1. The molecule has 0 radical (unpaired) electrons. The van der Waals surface area contributed by atoms with Crippen LogP contribution in [0.4, 0.5) is 0 Å². The fourth-order valence-corrected chi connectivity index (χ4v) is 4.68. The van der Waals surface area contributed by atoms with Crippen LogP contribution < -0.4 is 5.32 Å². The summed E-state index contributed by atoms with van der Waals surface area (Å²) in [5.74, 6) is 0.780. The molecule has 1 atom stereocenters. The molecule has 3 aliphatic rings. The molecule has 28 heavy (non-hydrogen) atoms. The number of carbonyl (C=O) groups excluding carboxylic acids is 1. The molecule has 3 aromatic rings. The SMILES string of the molecule is O=C(NC1CN2CCC1CC2)c1cc2cccc(-c3ccccc3CO)c2o1. The van der Waals surface area contributed by atoms with Gasteiger partial charge in [0.05, 0.1) is 6.61 Å². The lowest BCUT2D eigenvalue weighted by Crippen LogP contribution is -2.57. The van der Waals surface area contributed by atoms with Crippen LogP contribution >= 0.6 is 0 Å². The first-order valence-corrected chi connectivity index (χ1v) is 9.98. The van der Waals surface area contributed by atoms with Crippen LogP contribution in [0.1, 0.15) is 29.0 Å². The smallest absolute Gasteiger partial charge is 0.287 e. The summed E-state index contributed by atoms with van der Waals surface area (Å²) in [4.78, 5) is 15.3. The van der Waals surface area contributed by atoms with Crippen LogP contribution in [0.25, 0.3) is 22.1 Å². The maximum Gasteiger partial charge on any atom is 0.287 e. The first-order chi connectivity index (χ1) is 13.7. The third-order valence-corrected chi connectivity index (χ3v) is 6.22. The Morgan fingerprint density at radius 2 is 1.89 bits per heavy atom. The number of piperidine rings is 3. The van der Waals surface area contributed by atoms with E-state index in [0.717, 1.165) is 54.6 Å². The Morgan fingerprint density at radius 3 is 2.64 bits per heavy atom. The number of aliphatic hydroxyl groups excluding tert-OH is 1. The minimum absolute atomic E-state index is 0.0415. The van der Waals surface area contributed by atoms with Crippen LogP contribution in [0.15, 0.2) is 52.9 Å². The zero-order valence-corrected chi connectivity index (χ0v) is 15.7. The van der Waals surface area contributed by atoms with E-state index in [4.69, 9.17) is 4.42 Å². The summed E-state index contributed by atoms with van der Waals surface area (Å²) in [6.45, 7) is 3.19. The number of carbonyl (C=O) groups is 1. The van der Waals surface area contributed by atoms with Crippen molar-refractivity contribution in [3.8, 4) is 11.1 Å². The van der Waals surface area contributed by atoms with Crippen LogP contribution in [-0.4, -0.2) is 41.6 Å². The number of hydrogen-bond acceptors (Lipinski definition) is 4. The molecule has 5 heteroatoms. The van der Waals surface area contributed by atoms with E-state index >= 15 is 0 Å². The minimum Gasteiger partial charge on any atom is -0.450 e. The lowest BCUT2D eigenvalue weighted by Gasteiger charge is -2.44. The van der Waals surface area contributed by atoms with Crippen molar-refractivity contribution in [2.45, 2.75) is 25.5 Å². The van der Waals surface area contributed by atoms with Gasteiger partial charge in [-0.3, -0.25) is 4.79 Å². The second kappa shape index (κ2) is 7.08. The number of benzene rings is 2. The molecule has 0 aliphatic carbocycles. The number of hydrogen-bond donors (Lipinski definition) is 2. The summed E-state index contributed by atoms with van der Waals surface area (Å²) in [7, 11) is 0. The first kappa shape index (κ1) is 17.5. The fourth-order valence-electron chi connectivity index (χ4n) is 4.68. The Bertz CT molecular complexity index is 1020. The molecule has 1 amide bonds. The molecule has 3 fully saturated rings. The molecule has 1 aromatic heterocycles. The van der Waals surface area contributed by atoms with Gasteiger partial charge in [0.25, 0.3) is 5.91 Å². The van der Waals surface area contributed by atoms with Crippen molar-refractivity contribution < 1.29 is 14.3 Å². The van der Waals surface area contributed by atoms with Gasteiger partial charge in [-0.15, -0.1) is 0 Å². The zero-order chi connectivity index (χ0) is 19.1. The van der Waals surface area contributed by atoms with Crippen LogP contribution in [0.2, 0.25) is 0 Å². The Labute approximate surface area is 164 Å². The standard InChI is InChI=1S/C23H24N2O3/c26-14-17-4-1-2-6-18(17)19-7-3-5-16-12-21(28-22(16)19)23(27)24-20-13-25-10-8-15(20)9-11-25/h1-7,12,15,20,26H,8-11,13-14H2,(H,24,27). The van der Waals surface area contributed by atoms with Gasteiger partial charge in [-0.2, -0.15) is 0 Å². The maximum atomic E-state index is 12.9. The lowest BCUT2D eigenvalue weighted by molar-refractivity contribution is 0.0607. The van der Waals surface area contributed by atoms with Gasteiger partial charge in [-0.1, -0.05) is 42.5 Å². The molecule has 3 saturated heterocycles. The topological polar surface area (TPSA) is 65.7 Å². The molecule has 2 aromatic carbocycles. The third-order valence-electron chi connectivity index (χ3n) is 6.22. The maximum absolute atomic E-state index is 12.9. The Morgan fingerprint density at radius 1 is 1.11 bits per heavy atom. The summed E-state index contributed by atoms with van der Waals surface area (Å²) < 4.78 is 6.03. The number of furan rings is 1. The predicted molar refractivity (Wildman–Crippen MR) is 108 cm³/mol. The monoisotopic (exact) mass is 376 g/mol. The van der Waals surface area contributed by atoms with Crippen LogP contribution in [0, 0.1) is 5.92 Å². The number of nitrogens with zero attached hydrogens (tertiary/aromatic N) is 1. The Balaban J connectivity index is 1.46. The third kappa shape index (κ3) is 3.01. The summed E-state index contributed by atoms with van der Waals surface area (Å²) in [6, 6.07) is 15.6. The van der Waals surface area contributed by atoms with Crippen molar-refractivity contribution in [2.75, 3.05) is 19.6 Å². The molecule has 1 unspecified atom stereocenters. The van der Waals surface area contributed by atoms with Gasteiger partial charge in [0.1, 0.15) is 5.58 Å². The van der Waals surface area contributed by atoms with Gasteiger partial charge in [-0.05, 0) is 49.0 Å². The zero-order valence-electron chi connectivity index (χ0n) is 15.7. The number of nitrogens with one attached hydrogen (secondary N) is 1. The quantitative estimate of drug-likeness (QED) is 0.732. The highest BCUT2D eigenvalue weighted by molar-refractivity contribution is 6.00. The van der Waals surface area contributed by atoms with E-state index in [1.807, 2.05) is 48.5 Å². The highest BCUT2D eigenvalue weighted by Crippen LogP contribution is 2.33. The fraction of sp³-hybridized carbons (Fsp3) is 0.348. The van der Waals surface area contributed by atoms with Crippen LogP contribution in [0.5, 0.6) is 0 Å². The Hall–Kier alpha value is -2.63. The number of para-hydroxylation sites is 1. The minimum atomic E-state index is -0.142. The molecular formula is C23H24N2O3. The van der Waals surface area contributed by atoms with Crippen molar-refractivity contribution in [1.29, 1.82) is 0 Å². The normalized spacial score (nSPS) is 23.8. The van der Waals surface area contributed by atoms with Gasteiger partial charge in [0, 0.05) is 23.5 Å². The lowest BCUT2D eigenvalue weighted by atomic mass is 9.84. The van der Waals surface area contributed by atoms with Gasteiger partial charge in [0.15, 0.2) is 5.76 Å². The van der Waals surface area contributed by atoms with Crippen molar-refractivity contribution in [1.82, 2.24) is 10.2 Å². The largest absolute Gasteiger partial charge is 0.450 e. The van der Waals surface area contributed by atoms with Crippen molar-refractivity contribution in [2.24, 2.45) is 5.92 Å². The van der Waals surface area contributed by atoms with Crippen LogP contribution in [-0.2, 0) is 6.61 Å². The van der Waals surface area contributed by atoms with E-state index in [-0.39, 0.29) is 18.6 Å². The number of aliphatic hydroxyl groups is 1. The van der Waals surface area contributed by atoms with Gasteiger partial charge >= 0.3 is 0 Å². The molecule has 0 saturated carbocycles. The molecular weight excluding hydrogens is 352 g/mol. The van der Waals surface area contributed by atoms with Gasteiger partial charge in [-0.25, -0.2) is 0 Å². The highest BCUT2D eigenvalue weighted by Gasteiger charge is 2.35. The molecule has 3 aliphatic heterocycles. The second-order valence-electron chi connectivity index (χ2n) is 7.87.